The molecule has 0 N–H and O–H groups in total. The summed E-state index contributed by atoms with van der Waals surface area (Å²) in [6.07, 6.45) is 9.68. The van der Waals surface area contributed by atoms with E-state index in [2.05, 4.69) is 18.4 Å². The lowest BCUT2D eigenvalue weighted by atomic mass is 9.80. The lowest BCUT2D eigenvalue weighted by molar-refractivity contribution is 0.303. The highest BCUT2D eigenvalue weighted by Crippen LogP contribution is 2.31. The van der Waals surface area contributed by atoms with Crippen LogP contribution in [0.2, 0.25) is 0 Å². The molecule has 0 aliphatic heterocycles. The van der Waals surface area contributed by atoms with Crippen molar-refractivity contribution in [2.75, 3.05) is 6.61 Å². The highest BCUT2D eigenvalue weighted by Gasteiger charge is 2.18. The molecule has 1 nitrogen and oxygen atoms in total. The van der Waals surface area contributed by atoms with Gasteiger partial charge in [0.25, 0.3) is 0 Å². The first-order valence-electron chi connectivity index (χ1n) is 8.17. The molecule has 1 aromatic rings. The van der Waals surface area contributed by atoms with Gasteiger partial charge in [0, 0.05) is 11.5 Å². The Balaban J connectivity index is 1.82. The first-order valence-corrected chi connectivity index (χ1v) is 8.17. The van der Waals surface area contributed by atoms with Gasteiger partial charge in [-0.3, -0.25) is 0 Å². The van der Waals surface area contributed by atoms with Crippen LogP contribution < -0.4 is 4.74 Å². The molecule has 0 unspecified atom stereocenters. The van der Waals surface area contributed by atoms with Gasteiger partial charge in [-0.1, -0.05) is 17.9 Å². The monoisotopic (exact) mass is 282 g/mol. The van der Waals surface area contributed by atoms with Crippen molar-refractivity contribution < 1.29 is 4.74 Å². The Morgan fingerprint density at radius 1 is 1.19 bits per heavy atom. The second kappa shape index (κ2) is 8.57. The summed E-state index contributed by atoms with van der Waals surface area (Å²) in [5.74, 6) is 9.17. The second-order valence-electron chi connectivity index (χ2n) is 5.81. The topological polar surface area (TPSA) is 9.23 Å². The molecule has 0 bridgehead atoms. The second-order valence-corrected chi connectivity index (χ2v) is 5.81. The summed E-state index contributed by atoms with van der Waals surface area (Å²) in [7, 11) is 0. The summed E-state index contributed by atoms with van der Waals surface area (Å²) in [5.41, 5.74) is 1.09. The maximum atomic E-state index is 5.44. The molecule has 0 saturated heterocycles. The summed E-state index contributed by atoms with van der Waals surface area (Å²) in [6, 6.07) is 8.10. The molecule has 1 aliphatic rings. The van der Waals surface area contributed by atoms with E-state index in [-0.39, 0.29) is 0 Å². The number of rotatable bonds is 5. The number of hydrogen-bond acceptors (Lipinski definition) is 1. The van der Waals surface area contributed by atoms with Crippen LogP contribution >= 0.6 is 0 Å². The third-order valence-corrected chi connectivity index (χ3v) is 4.21. The zero-order chi connectivity index (χ0) is 14.9. The van der Waals surface area contributed by atoms with Crippen LogP contribution in [0.1, 0.15) is 51.0 Å². The van der Waals surface area contributed by atoms with E-state index in [0.29, 0.717) is 12.5 Å². The molecule has 0 atom stereocenters. The van der Waals surface area contributed by atoms with Crippen LogP contribution in [-0.4, -0.2) is 6.61 Å². The van der Waals surface area contributed by atoms with Gasteiger partial charge in [-0.25, -0.2) is 0 Å². The molecule has 0 spiro atoms. The van der Waals surface area contributed by atoms with Crippen LogP contribution in [0.4, 0.5) is 0 Å². The van der Waals surface area contributed by atoms with Gasteiger partial charge in [-0.05, 0) is 75.6 Å². The van der Waals surface area contributed by atoms with E-state index in [0.717, 1.165) is 23.7 Å². The molecule has 0 aromatic heterocycles. The summed E-state index contributed by atoms with van der Waals surface area (Å²) in [5, 5.41) is 0. The Labute approximate surface area is 129 Å². The summed E-state index contributed by atoms with van der Waals surface area (Å²) in [6.45, 7) is 6.52. The molecule has 1 aliphatic carbocycles. The van der Waals surface area contributed by atoms with Crippen molar-refractivity contribution in [3.05, 3.63) is 42.5 Å². The van der Waals surface area contributed by atoms with Crippen LogP contribution in [0.5, 0.6) is 5.75 Å². The number of allylic oxidation sites excluding steroid dienone is 1. The minimum absolute atomic E-state index is 0.580. The highest BCUT2D eigenvalue weighted by molar-refractivity contribution is 5.38. The lowest BCUT2D eigenvalue weighted by Crippen LogP contribution is -2.13. The molecule has 1 saturated carbocycles. The van der Waals surface area contributed by atoms with Gasteiger partial charge in [-0.15, -0.1) is 6.58 Å². The van der Waals surface area contributed by atoms with Crippen molar-refractivity contribution in [3.8, 4) is 17.6 Å². The fourth-order valence-electron chi connectivity index (χ4n) is 2.94. The predicted octanol–water partition coefficient (Wildman–Crippen LogP) is 5.21. The standard InChI is InChI=1S/C20H26O/c1-3-5-6-17-7-9-18(10-8-17)11-12-19-13-15-20(16-14-19)21-4-2/h3,13-18H,1,4-10H2,2H3. The van der Waals surface area contributed by atoms with Crippen molar-refractivity contribution in [2.24, 2.45) is 11.8 Å². The van der Waals surface area contributed by atoms with Crippen LogP contribution in [0.25, 0.3) is 0 Å². The largest absolute Gasteiger partial charge is 0.494 e. The summed E-state index contributed by atoms with van der Waals surface area (Å²) < 4.78 is 5.44. The van der Waals surface area contributed by atoms with Gasteiger partial charge in [0.1, 0.15) is 5.75 Å². The molecule has 0 radical (unpaired) electrons. The Hall–Kier alpha value is -1.68. The summed E-state index contributed by atoms with van der Waals surface area (Å²) >= 11 is 0. The van der Waals surface area contributed by atoms with Crippen molar-refractivity contribution >= 4 is 0 Å². The maximum absolute atomic E-state index is 5.44. The molecule has 0 heterocycles. The summed E-state index contributed by atoms with van der Waals surface area (Å²) in [4.78, 5) is 0. The molecule has 0 amide bonds. The molecule has 2 rings (SSSR count). The number of hydrogen-bond donors (Lipinski definition) is 0. The molecule has 1 aromatic carbocycles. The maximum Gasteiger partial charge on any atom is 0.119 e. The van der Waals surface area contributed by atoms with E-state index in [9.17, 15) is 0 Å². The molecular formula is C20H26O. The highest BCUT2D eigenvalue weighted by atomic mass is 16.5. The van der Waals surface area contributed by atoms with Crippen molar-refractivity contribution in [3.63, 3.8) is 0 Å². The first-order chi connectivity index (χ1) is 10.3. The van der Waals surface area contributed by atoms with Gasteiger partial charge in [0.2, 0.25) is 0 Å². The quantitative estimate of drug-likeness (QED) is 0.532. The molecule has 112 valence electrons. The Kier molecular flexibility index (Phi) is 6.41. The molecule has 21 heavy (non-hydrogen) atoms. The Bertz CT molecular complexity index is 481. The normalized spacial score (nSPS) is 21.2. The molecule has 1 fully saturated rings. The van der Waals surface area contributed by atoms with Crippen LogP contribution in [0, 0.1) is 23.7 Å². The van der Waals surface area contributed by atoms with Gasteiger partial charge in [0.15, 0.2) is 0 Å². The SMILES string of the molecule is C=CCCC1CCC(C#Cc2ccc(OCC)cc2)CC1. The third-order valence-electron chi connectivity index (χ3n) is 4.21. The van der Waals surface area contributed by atoms with Crippen molar-refractivity contribution in [1.82, 2.24) is 0 Å². The van der Waals surface area contributed by atoms with Gasteiger partial charge in [-0.2, -0.15) is 0 Å². The van der Waals surface area contributed by atoms with Crippen molar-refractivity contribution in [1.29, 1.82) is 0 Å². The molecular weight excluding hydrogens is 256 g/mol. The zero-order valence-electron chi connectivity index (χ0n) is 13.1. The fourth-order valence-corrected chi connectivity index (χ4v) is 2.94. The lowest BCUT2D eigenvalue weighted by Gasteiger charge is -2.25. The van der Waals surface area contributed by atoms with Gasteiger partial charge >= 0.3 is 0 Å². The Morgan fingerprint density at radius 2 is 1.90 bits per heavy atom. The van der Waals surface area contributed by atoms with Gasteiger partial charge in [0.05, 0.1) is 6.61 Å². The third kappa shape index (κ3) is 5.31. The first kappa shape index (κ1) is 15.7. The van der Waals surface area contributed by atoms with Crippen LogP contribution in [0.3, 0.4) is 0 Å². The average molecular weight is 282 g/mol. The van der Waals surface area contributed by atoms with Crippen LogP contribution in [-0.2, 0) is 0 Å². The van der Waals surface area contributed by atoms with E-state index in [1.807, 2.05) is 37.3 Å². The average Bonchev–Trinajstić information content (AvgIpc) is 2.53. The predicted molar refractivity (Wildman–Crippen MR) is 89.4 cm³/mol. The van der Waals surface area contributed by atoms with E-state index in [1.54, 1.807) is 0 Å². The van der Waals surface area contributed by atoms with E-state index < -0.39 is 0 Å². The minimum Gasteiger partial charge on any atom is -0.494 e. The van der Waals surface area contributed by atoms with Gasteiger partial charge < -0.3 is 4.74 Å². The number of ether oxygens (including phenoxy) is 1. The minimum atomic E-state index is 0.580. The zero-order valence-corrected chi connectivity index (χ0v) is 13.1. The van der Waals surface area contributed by atoms with E-state index in [1.165, 1.54) is 32.1 Å². The fraction of sp³-hybridized carbons (Fsp3) is 0.500. The van der Waals surface area contributed by atoms with Crippen LogP contribution in [0.15, 0.2) is 36.9 Å². The Morgan fingerprint density at radius 3 is 2.52 bits per heavy atom. The van der Waals surface area contributed by atoms with E-state index >= 15 is 0 Å². The molecule has 1 heteroatoms. The van der Waals surface area contributed by atoms with Crippen molar-refractivity contribution in [2.45, 2.75) is 45.4 Å². The smallest absolute Gasteiger partial charge is 0.119 e. The van der Waals surface area contributed by atoms with E-state index in [4.69, 9.17) is 4.74 Å². The number of benzene rings is 1.